The van der Waals surface area contributed by atoms with Crippen LogP contribution in [0, 0.1) is 0 Å². The van der Waals surface area contributed by atoms with Crippen LogP contribution in [0.1, 0.15) is 29.8 Å². The fourth-order valence-corrected chi connectivity index (χ4v) is 5.54. The highest BCUT2D eigenvalue weighted by atomic mass is 32.2. The van der Waals surface area contributed by atoms with Gasteiger partial charge in [-0.1, -0.05) is 13.8 Å². The van der Waals surface area contributed by atoms with Crippen LogP contribution in [0.3, 0.4) is 0 Å². The number of carbonyl (C=O) groups excluding carboxylic acids is 2. The van der Waals surface area contributed by atoms with Crippen molar-refractivity contribution in [3.05, 3.63) is 53.6 Å². The van der Waals surface area contributed by atoms with Gasteiger partial charge in [0.25, 0.3) is 5.91 Å². The maximum Gasteiger partial charge on any atom is 0.414 e. The van der Waals surface area contributed by atoms with E-state index in [0.29, 0.717) is 50.5 Å². The van der Waals surface area contributed by atoms with Crippen molar-refractivity contribution in [3.8, 4) is 0 Å². The number of ether oxygens (including phenoxy) is 1. The molecule has 2 aliphatic rings. The van der Waals surface area contributed by atoms with E-state index in [9.17, 15) is 18.0 Å². The van der Waals surface area contributed by atoms with Gasteiger partial charge in [0.15, 0.2) is 0 Å². The summed E-state index contributed by atoms with van der Waals surface area (Å²) in [5, 5.41) is 0. The second-order valence-corrected chi connectivity index (χ2v) is 9.34. The number of benzene rings is 2. The van der Waals surface area contributed by atoms with Gasteiger partial charge in [0.2, 0.25) is 10.0 Å². The summed E-state index contributed by atoms with van der Waals surface area (Å²) in [5.41, 5.74) is 2.77. The van der Waals surface area contributed by atoms with Crippen molar-refractivity contribution < 1.29 is 22.7 Å². The molecule has 8 nitrogen and oxygen atoms in total. The van der Waals surface area contributed by atoms with E-state index in [1.54, 1.807) is 47.4 Å². The van der Waals surface area contributed by atoms with Crippen LogP contribution in [0.15, 0.2) is 47.4 Å². The molecular formula is C22H25N3O5S. The van der Waals surface area contributed by atoms with Gasteiger partial charge in [0.05, 0.1) is 11.4 Å². The smallest absolute Gasteiger partial charge is 0.414 e. The lowest BCUT2D eigenvalue weighted by molar-refractivity contribution is 0.0989. The van der Waals surface area contributed by atoms with Crippen LogP contribution in [-0.4, -0.2) is 57.5 Å². The van der Waals surface area contributed by atoms with Crippen LogP contribution >= 0.6 is 0 Å². The Labute approximate surface area is 182 Å². The van der Waals surface area contributed by atoms with Gasteiger partial charge in [0.1, 0.15) is 6.61 Å². The molecule has 1 saturated heterocycles. The predicted molar refractivity (Wildman–Crippen MR) is 117 cm³/mol. The highest BCUT2D eigenvalue weighted by Gasteiger charge is 2.29. The molecule has 2 amide bonds. The molecule has 1 fully saturated rings. The Morgan fingerprint density at radius 2 is 1.77 bits per heavy atom. The van der Waals surface area contributed by atoms with Crippen LogP contribution < -0.4 is 9.80 Å². The lowest BCUT2D eigenvalue weighted by Gasteiger charge is -2.20. The normalized spacial score (nSPS) is 16.0. The summed E-state index contributed by atoms with van der Waals surface area (Å²) in [6, 6.07) is 11.8. The Morgan fingerprint density at radius 3 is 2.39 bits per heavy atom. The first kappa shape index (κ1) is 21.3. The van der Waals surface area contributed by atoms with Crippen molar-refractivity contribution in [2.24, 2.45) is 0 Å². The minimum absolute atomic E-state index is 0.159. The van der Waals surface area contributed by atoms with Crippen LogP contribution in [0.2, 0.25) is 0 Å². The van der Waals surface area contributed by atoms with E-state index in [1.807, 2.05) is 13.8 Å². The van der Waals surface area contributed by atoms with E-state index in [-0.39, 0.29) is 16.9 Å². The third-order valence-electron chi connectivity index (χ3n) is 5.72. The van der Waals surface area contributed by atoms with Crippen molar-refractivity contribution in [3.63, 3.8) is 0 Å². The molecule has 9 heteroatoms. The second kappa shape index (κ2) is 8.32. The fourth-order valence-electron chi connectivity index (χ4n) is 4.03. The molecule has 0 unspecified atom stereocenters. The van der Waals surface area contributed by atoms with Crippen LogP contribution in [-0.2, 0) is 21.2 Å². The molecule has 2 aromatic rings. The molecule has 2 aromatic carbocycles. The van der Waals surface area contributed by atoms with Crippen molar-refractivity contribution in [2.45, 2.75) is 25.2 Å². The SMILES string of the molecule is CCN(CC)S(=O)(=O)c1ccc2c(c1)CCN2C(=O)c1ccc(N2CCOC2=O)cc1. The molecule has 4 rings (SSSR count). The Balaban J connectivity index is 1.55. The van der Waals surface area contributed by atoms with Crippen LogP contribution in [0.5, 0.6) is 0 Å². The molecule has 2 aliphatic heterocycles. The summed E-state index contributed by atoms with van der Waals surface area (Å²) >= 11 is 0. The zero-order valence-corrected chi connectivity index (χ0v) is 18.4. The predicted octanol–water partition coefficient (Wildman–Crippen LogP) is 2.88. The van der Waals surface area contributed by atoms with E-state index >= 15 is 0 Å². The van der Waals surface area contributed by atoms with Crippen molar-refractivity contribution >= 4 is 33.4 Å². The van der Waals surface area contributed by atoms with E-state index < -0.39 is 10.0 Å². The highest BCUT2D eigenvalue weighted by molar-refractivity contribution is 7.89. The number of sulfonamides is 1. The number of cyclic esters (lactones) is 1. The number of fused-ring (bicyclic) bond motifs is 1. The Hall–Kier alpha value is -2.91. The monoisotopic (exact) mass is 443 g/mol. The largest absolute Gasteiger partial charge is 0.447 e. The van der Waals surface area contributed by atoms with Crippen molar-refractivity contribution in [2.75, 3.05) is 42.6 Å². The summed E-state index contributed by atoms with van der Waals surface area (Å²) in [4.78, 5) is 28.2. The van der Waals surface area contributed by atoms with Crippen molar-refractivity contribution in [1.29, 1.82) is 0 Å². The lowest BCUT2D eigenvalue weighted by Crippen LogP contribution is -2.31. The summed E-state index contributed by atoms with van der Waals surface area (Å²) in [7, 11) is -3.54. The summed E-state index contributed by atoms with van der Waals surface area (Å²) in [6.45, 7) is 5.78. The van der Waals surface area contributed by atoms with Gasteiger partial charge < -0.3 is 9.64 Å². The van der Waals surface area contributed by atoms with Crippen molar-refractivity contribution in [1.82, 2.24) is 4.31 Å². The maximum absolute atomic E-state index is 13.1. The first-order chi connectivity index (χ1) is 14.9. The van der Waals surface area contributed by atoms with Gasteiger partial charge in [-0.2, -0.15) is 4.31 Å². The summed E-state index contributed by atoms with van der Waals surface area (Å²) < 4.78 is 32.0. The zero-order valence-electron chi connectivity index (χ0n) is 17.6. The third-order valence-corrected chi connectivity index (χ3v) is 7.77. The Morgan fingerprint density at radius 1 is 1.06 bits per heavy atom. The highest BCUT2D eigenvalue weighted by Crippen LogP contribution is 2.32. The molecule has 0 aliphatic carbocycles. The zero-order chi connectivity index (χ0) is 22.2. The first-order valence-electron chi connectivity index (χ1n) is 10.4. The Bertz CT molecular complexity index is 1110. The third kappa shape index (κ3) is 3.79. The topological polar surface area (TPSA) is 87.2 Å². The van der Waals surface area contributed by atoms with E-state index in [2.05, 4.69) is 0 Å². The number of hydrogen-bond donors (Lipinski definition) is 0. The number of nitrogens with zero attached hydrogens (tertiary/aromatic N) is 3. The van der Waals surface area contributed by atoms with Gasteiger partial charge in [-0.05, 0) is 54.4 Å². The van der Waals surface area contributed by atoms with Gasteiger partial charge >= 0.3 is 6.09 Å². The molecule has 164 valence electrons. The molecule has 0 N–H and O–H groups in total. The van der Waals surface area contributed by atoms with Crippen LogP contribution in [0.4, 0.5) is 16.2 Å². The molecule has 0 atom stereocenters. The minimum atomic E-state index is -3.54. The van der Waals surface area contributed by atoms with E-state index in [1.165, 1.54) is 9.21 Å². The maximum atomic E-state index is 13.1. The summed E-state index contributed by atoms with van der Waals surface area (Å²) in [6.07, 6.45) is 0.212. The number of anilines is 2. The molecule has 0 aromatic heterocycles. The van der Waals surface area contributed by atoms with E-state index in [4.69, 9.17) is 4.74 Å². The quantitative estimate of drug-likeness (QED) is 0.685. The average Bonchev–Trinajstić information content (AvgIpc) is 3.39. The fraction of sp³-hybridized carbons (Fsp3) is 0.364. The molecule has 0 saturated carbocycles. The van der Waals surface area contributed by atoms with Gasteiger partial charge in [-0.3, -0.25) is 9.69 Å². The van der Waals surface area contributed by atoms with E-state index in [0.717, 1.165) is 11.3 Å². The molecule has 31 heavy (non-hydrogen) atoms. The molecule has 2 heterocycles. The minimum Gasteiger partial charge on any atom is -0.447 e. The number of hydrogen-bond acceptors (Lipinski definition) is 5. The molecule has 0 radical (unpaired) electrons. The number of rotatable bonds is 6. The second-order valence-electron chi connectivity index (χ2n) is 7.40. The molecule has 0 spiro atoms. The lowest BCUT2D eigenvalue weighted by atomic mass is 10.1. The van der Waals surface area contributed by atoms with Crippen LogP contribution in [0.25, 0.3) is 0 Å². The molecule has 0 bridgehead atoms. The average molecular weight is 444 g/mol. The van der Waals surface area contributed by atoms with Gasteiger partial charge in [-0.15, -0.1) is 0 Å². The number of amides is 2. The first-order valence-corrected chi connectivity index (χ1v) is 11.8. The van der Waals surface area contributed by atoms with Gasteiger partial charge in [-0.25, -0.2) is 13.2 Å². The molecular weight excluding hydrogens is 418 g/mol. The standard InChI is InChI=1S/C22H25N3O5S/c1-3-23(4-2)31(28,29)19-9-10-20-17(15-19)11-12-25(20)21(26)16-5-7-18(8-6-16)24-13-14-30-22(24)27/h5-10,15H,3-4,11-14H2,1-2H3. The van der Waals surface area contributed by atoms with Gasteiger partial charge in [0, 0.05) is 36.6 Å². The summed E-state index contributed by atoms with van der Waals surface area (Å²) in [5.74, 6) is -0.159. The Kier molecular flexibility index (Phi) is 5.72. The number of carbonyl (C=O) groups is 2.